The van der Waals surface area contributed by atoms with Gasteiger partial charge in [-0.1, -0.05) is 36.4 Å². The van der Waals surface area contributed by atoms with Crippen LogP contribution in [0.3, 0.4) is 0 Å². The molecule has 0 fully saturated rings. The van der Waals surface area contributed by atoms with Gasteiger partial charge in [0, 0.05) is 25.0 Å². The molecule has 1 aromatic heterocycles. The molecule has 1 amide bonds. The quantitative estimate of drug-likeness (QED) is 0.521. The minimum Gasteiger partial charge on any atom is -0.484 e. The Morgan fingerprint density at radius 3 is 2.68 bits per heavy atom. The van der Waals surface area contributed by atoms with E-state index in [1.807, 2.05) is 59.3 Å². The summed E-state index contributed by atoms with van der Waals surface area (Å²) in [6.45, 7) is 5.09. The topological polar surface area (TPSA) is 34.5 Å². The van der Waals surface area contributed by atoms with Gasteiger partial charge in [-0.2, -0.15) is 0 Å². The number of carbonyl (C=O) groups excluding carboxylic acids is 1. The van der Waals surface area contributed by atoms with E-state index in [-0.39, 0.29) is 18.3 Å². The molecule has 0 aliphatic heterocycles. The van der Waals surface area contributed by atoms with Crippen LogP contribution in [-0.2, 0) is 17.9 Å². The monoisotopic (exact) mass is 378 g/mol. The fraction of sp³-hybridized carbons (Fsp3) is 0.174. The van der Waals surface area contributed by atoms with E-state index in [1.54, 1.807) is 17.0 Å². The summed E-state index contributed by atoms with van der Waals surface area (Å²) >= 11 is 0. The molecule has 0 spiro atoms. The lowest BCUT2D eigenvalue weighted by atomic mass is 10.2. The van der Waals surface area contributed by atoms with Crippen molar-refractivity contribution in [3.63, 3.8) is 0 Å². The zero-order valence-electron chi connectivity index (χ0n) is 15.6. The SMILES string of the molecule is C=CCN(Cc1cccn1Cc1cccc(F)c1)C(=O)COc1ccccc1. The van der Waals surface area contributed by atoms with E-state index < -0.39 is 0 Å². The van der Waals surface area contributed by atoms with Crippen molar-refractivity contribution in [1.82, 2.24) is 9.47 Å². The van der Waals surface area contributed by atoms with Crippen LogP contribution in [0, 0.1) is 5.82 Å². The molecule has 1 heterocycles. The zero-order chi connectivity index (χ0) is 19.8. The molecule has 3 aromatic rings. The highest BCUT2D eigenvalue weighted by molar-refractivity contribution is 5.77. The van der Waals surface area contributed by atoms with Crippen LogP contribution in [0.1, 0.15) is 11.3 Å². The number of aromatic nitrogens is 1. The van der Waals surface area contributed by atoms with Crippen LogP contribution < -0.4 is 4.74 Å². The van der Waals surface area contributed by atoms with Gasteiger partial charge in [-0.25, -0.2) is 4.39 Å². The Labute approximate surface area is 164 Å². The number of carbonyl (C=O) groups is 1. The van der Waals surface area contributed by atoms with Gasteiger partial charge in [0.25, 0.3) is 5.91 Å². The predicted molar refractivity (Wildman–Crippen MR) is 107 cm³/mol. The Morgan fingerprint density at radius 2 is 1.93 bits per heavy atom. The Bertz CT molecular complexity index is 921. The molecule has 4 nitrogen and oxygen atoms in total. The summed E-state index contributed by atoms with van der Waals surface area (Å²) in [6, 6.07) is 19.7. The van der Waals surface area contributed by atoms with Crippen LogP contribution >= 0.6 is 0 Å². The van der Waals surface area contributed by atoms with Crippen LogP contribution in [0.25, 0.3) is 0 Å². The van der Waals surface area contributed by atoms with E-state index in [4.69, 9.17) is 4.74 Å². The maximum absolute atomic E-state index is 13.5. The number of rotatable bonds is 9. The normalized spacial score (nSPS) is 10.5. The minimum absolute atomic E-state index is 0.0392. The van der Waals surface area contributed by atoms with E-state index in [1.165, 1.54) is 12.1 Å². The number of nitrogens with zero attached hydrogens (tertiary/aromatic N) is 2. The molecule has 0 saturated heterocycles. The van der Waals surface area contributed by atoms with E-state index in [0.717, 1.165) is 11.3 Å². The third-order valence-electron chi connectivity index (χ3n) is 4.33. The molecule has 0 radical (unpaired) electrons. The van der Waals surface area contributed by atoms with Gasteiger partial charge < -0.3 is 14.2 Å². The van der Waals surface area contributed by atoms with Crippen molar-refractivity contribution >= 4 is 5.91 Å². The average molecular weight is 378 g/mol. The smallest absolute Gasteiger partial charge is 0.261 e. The van der Waals surface area contributed by atoms with Crippen molar-refractivity contribution in [3.05, 3.63) is 103 Å². The van der Waals surface area contributed by atoms with E-state index in [0.29, 0.717) is 25.4 Å². The number of hydrogen-bond donors (Lipinski definition) is 0. The second-order valence-electron chi connectivity index (χ2n) is 6.42. The number of hydrogen-bond acceptors (Lipinski definition) is 2. The van der Waals surface area contributed by atoms with Crippen molar-refractivity contribution in [2.45, 2.75) is 13.1 Å². The first-order valence-electron chi connectivity index (χ1n) is 9.10. The molecule has 2 aromatic carbocycles. The van der Waals surface area contributed by atoms with E-state index in [9.17, 15) is 9.18 Å². The number of amides is 1. The summed E-state index contributed by atoms with van der Waals surface area (Å²) in [5.74, 6) is 0.277. The average Bonchev–Trinajstić information content (AvgIpc) is 3.13. The molecule has 144 valence electrons. The molecule has 0 N–H and O–H groups in total. The van der Waals surface area contributed by atoms with Gasteiger partial charge in [-0.05, 0) is 42.0 Å². The highest BCUT2D eigenvalue weighted by atomic mass is 19.1. The van der Waals surface area contributed by atoms with Crippen molar-refractivity contribution in [2.75, 3.05) is 13.2 Å². The molecule has 0 aliphatic rings. The van der Waals surface area contributed by atoms with E-state index >= 15 is 0 Å². The Kier molecular flexibility index (Phi) is 6.63. The van der Waals surface area contributed by atoms with Gasteiger partial charge in [0.15, 0.2) is 6.61 Å². The van der Waals surface area contributed by atoms with Gasteiger partial charge >= 0.3 is 0 Å². The van der Waals surface area contributed by atoms with Crippen molar-refractivity contribution in [3.8, 4) is 5.75 Å². The van der Waals surface area contributed by atoms with E-state index in [2.05, 4.69) is 6.58 Å². The molecule has 0 saturated carbocycles. The fourth-order valence-corrected chi connectivity index (χ4v) is 2.94. The maximum Gasteiger partial charge on any atom is 0.261 e. The summed E-state index contributed by atoms with van der Waals surface area (Å²) < 4.78 is 21.0. The third kappa shape index (κ3) is 5.33. The Balaban J connectivity index is 1.66. The molecule has 28 heavy (non-hydrogen) atoms. The maximum atomic E-state index is 13.5. The summed E-state index contributed by atoms with van der Waals surface area (Å²) in [7, 11) is 0. The van der Waals surface area contributed by atoms with Gasteiger partial charge in [0.2, 0.25) is 0 Å². The standard InChI is InChI=1S/C23H23FN2O2/c1-2-13-26(23(27)18-28-22-11-4-3-5-12-22)17-21-10-7-14-25(21)16-19-8-6-9-20(24)15-19/h2-12,14-15H,1,13,16-18H2. The largest absolute Gasteiger partial charge is 0.484 e. The highest BCUT2D eigenvalue weighted by Crippen LogP contribution is 2.13. The van der Waals surface area contributed by atoms with Crippen molar-refractivity contribution < 1.29 is 13.9 Å². The second kappa shape index (κ2) is 9.55. The summed E-state index contributed by atoms with van der Waals surface area (Å²) in [5.41, 5.74) is 1.82. The fourth-order valence-electron chi connectivity index (χ4n) is 2.94. The van der Waals surface area contributed by atoms with Gasteiger partial charge in [0.05, 0.1) is 6.54 Å². The highest BCUT2D eigenvalue weighted by Gasteiger charge is 2.15. The number of benzene rings is 2. The Hall–Kier alpha value is -3.34. The van der Waals surface area contributed by atoms with Crippen LogP contribution in [-0.4, -0.2) is 28.5 Å². The van der Waals surface area contributed by atoms with Crippen molar-refractivity contribution in [1.29, 1.82) is 0 Å². The molecule has 5 heteroatoms. The van der Waals surface area contributed by atoms with Gasteiger partial charge in [-0.15, -0.1) is 6.58 Å². The molecule has 0 bridgehead atoms. The molecule has 0 atom stereocenters. The molecule has 0 aliphatic carbocycles. The first-order valence-corrected chi connectivity index (χ1v) is 9.10. The molecule has 3 rings (SSSR count). The predicted octanol–water partition coefficient (Wildman–Crippen LogP) is 4.27. The second-order valence-corrected chi connectivity index (χ2v) is 6.42. The molecular weight excluding hydrogens is 355 g/mol. The van der Waals surface area contributed by atoms with Crippen molar-refractivity contribution in [2.24, 2.45) is 0 Å². The van der Waals surface area contributed by atoms with Gasteiger partial charge in [-0.3, -0.25) is 4.79 Å². The molecular formula is C23H23FN2O2. The zero-order valence-corrected chi connectivity index (χ0v) is 15.6. The molecule has 0 unspecified atom stereocenters. The lowest BCUT2D eigenvalue weighted by Gasteiger charge is -2.22. The summed E-state index contributed by atoms with van der Waals surface area (Å²) in [5, 5.41) is 0. The Morgan fingerprint density at radius 1 is 1.11 bits per heavy atom. The number of ether oxygens (including phenoxy) is 1. The first-order chi connectivity index (χ1) is 13.7. The number of para-hydroxylation sites is 1. The first kappa shape index (κ1) is 19.4. The van der Waals surface area contributed by atoms with Crippen LogP contribution in [0.4, 0.5) is 4.39 Å². The summed E-state index contributed by atoms with van der Waals surface area (Å²) in [6.07, 6.45) is 3.62. The lowest BCUT2D eigenvalue weighted by Crippen LogP contribution is -2.35. The lowest BCUT2D eigenvalue weighted by molar-refractivity contribution is -0.133. The summed E-state index contributed by atoms with van der Waals surface area (Å²) in [4.78, 5) is 14.3. The third-order valence-corrected chi connectivity index (χ3v) is 4.33. The van der Waals surface area contributed by atoms with Crippen LogP contribution in [0.5, 0.6) is 5.75 Å². The van der Waals surface area contributed by atoms with Crippen LogP contribution in [0.2, 0.25) is 0 Å². The number of halogens is 1. The van der Waals surface area contributed by atoms with Gasteiger partial charge in [0.1, 0.15) is 11.6 Å². The minimum atomic E-state index is -0.257. The van der Waals surface area contributed by atoms with Crippen LogP contribution in [0.15, 0.2) is 85.6 Å².